The Morgan fingerprint density at radius 3 is 2.67 bits per heavy atom. The van der Waals surface area contributed by atoms with Gasteiger partial charge in [0.2, 0.25) is 5.88 Å². The molecule has 0 unspecified atom stereocenters. The minimum Gasteiger partial charge on any atom is -0.481 e. The van der Waals surface area contributed by atoms with Crippen molar-refractivity contribution in [2.45, 2.75) is 0 Å². The normalized spacial score (nSPS) is 10.6. The molecule has 6 heteroatoms. The molecule has 0 atom stereocenters. The van der Waals surface area contributed by atoms with Crippen molar-refractivity contribution in [2.75, 3.05) is 12.8 Å². The highest BCUT2D eigenvalue weighted by molar-refractivity contribution is 6.30. The van der Waals surface area contributed by atoms with E-state index in [1.807, 2.05) is 36.4 Å². The summed E-state index contributed by atoms with van der Waals surface area (Å²) in [5.74, 6) is 0.926. The van der Waals surface area contributed by atoms with Crippen molar-refractivity contribution in [3.05, 3.63) is 47.6 Å². The van der Waals surface area contributed by atoms with Crippen LogP contribution in [0.25, 0.3) is 22.4 Å². The number of ether oxygens (including phenoxy) is 1. The summed E-state index contributed by atoms with van der Waals surface area (Å²) >= 11 is 5.93. The lowest BCUT2D eigenvalue weighted by Gasteiger charge is -2.08. The van der Waals surface area contributed by atoms with E-state index >= 15 is 0 Å². The van der Waals surface area contributed by atoms with Crippen LogP contribution in [-0.2, 0) is 0 Å². The Balaban J connectivity index is 2.19. The van der Waals surface area contributed by atoms with Gasteiger partial charge in [0.25, 0.3) is 0 Å². The molecule has 0 aliphatic carbocycles. The van der Waals surface area contributed by atoms with E-state index in [2.05, 4.69) is 15.2 Å². The maximum absolute atomic E-state index is 6.00. The second-order valence-electron chi connectivity index (χ2n) is 4.43. The van der Waals surface area contributed by atoms with Gasteiger partial charge >= 0.3 is 0 Å². The molecule has 21 heavy (non-hydrogen) atoms. The molecule has 0 aliphatic heterocycles. The van der Waals surface area contributed by atoms with Gasteiger partial charge in [-0.25, -0.2) is 4.98 Å². The fourth-order valence-corrected chi connectivity index (χ4v) is 2.33. The summed E-state index contributed by atoms with van der Waals surface area (Å²) in [7, 11) is 1.58. The zero-order chi connectivity index (χ0) is 14.8. The smallest absolute Gasteiger partial charge is 0.222 e. The first kappa shape index (κ1) is 13.5. The van der Waals surface area contributed by atoms with Crippen LogP contribution in [0.15, 0.2) is 42.6 Å². The van der Waals surface area contributed by atoms with E-state index in [1.54, 1.807) is 13.3 Å². The number of hydrogen-bond acceptors (Lipinski definition) is 4. The van der Waals surface area contributed by atoms with E-state index in [-0.39, 0.29) is 0 Å². The lowest BCUT2D eigenvalue weighted by molar-refractivity contribution is 0.399. The third-order valence-corrected chi connectivity index (χ3v) is 3.41. The molecule has 2 heterocycles. The molecule has 0 saturated heterocycles. The fraction of sp³-hybridized carbons (Fsp3) is 0.0667. The van der Waals surface area contributed by atoms with Crippen molar-refractivity contribution >= 4 is 17.4 Å². The summed E-state index contributed by atoms with van der Waals surface area (Å²) in [6, 6.07) is 11.2. The van der Waals surface area contributed by atoms with Crippen LogP contribution in [0.4, 0.5) is 5.82 Å². The van der Waals surface area contributed by atoms with Gasteiger partial charge in [-0.05, 0) is 29.8 Å². The summed E-state index contributed by atoms with van der Waals surface area (Å²) in [6.07, 6.45) is 1.67. The minimum absolute atomic E-state index is 0.415. The molecule has 0 fully saturated rings. The van der Waals surface area contributed by atoms with E-state index in [0.29, 0.717) is 16.7 Å². The zero-order valence-corrected chi connectivity index (χ0v) is 12.1. The second kappa shape index (κ2) is 5.46. The van der Waals surface area contributed by atoms with Crippen molar-refractivity contribution in [3.63, 3.8) is 0 Å². The number of nitrogens with one attached hydrogen (secondary N) is 1. The summed E-state index contributed by atoms with van der Waals surface area (Å²) in [5, 5.41) is 7.72. The predicted molar refractivity (Wildman–Crippen MR) is 83.2 cm³/mol. The van der Waals surface area contributed by atoms with Crippen LogP contribution in [0.5, 0.6) is 5.88 Å². The summed E-state index contributed by atoms with van der Waals surface area (Å²) < 4.78 is 5.30. The second-order valence-corrected chi connectivity index (χ2v) is 4.86. The molecule has 3 aromatic rings. The van der Waals surface area contributed by atoms with Crippen molar-refractivity contribution in [1.82, 2.24) is 15.2 Å². The van der Waals surface area contributed by atoms with Crippen molar-refractivity contribution in [2.24, 2.45) is 0 Å². The maximum Gasteiger partial charge on any atom is 0.222 e. The third kappa shape index (κ3) is 2.43. The Labute approximate surface area is 126 Å². The number of methoxy groups -OCH3 is 1. The molecule has 0 amide bonds. The van der Waals surface area contributed by atoms with Gasteiger partial charge in [-0.1, -0.05) is 23.7 Å². The van der Waals surface area contributed by atoms with Crippen LogP contribution in [0.3, 0.4) is 0 Å². The number of H-pyrrole nitrogens is 1. The average molecular weight is 301 g/mol. The highest BCUT2D eigenvalue weighted by atomic mass is 35.5. The topological polar surface area (TPSA) is 76.8 Å². The van der Waals surface area contributed by atoms with Crippen LogP contribution >= 0.6 is 11.6 Å². The number of anilines is 1. The number of benzene rings is 1. The molecule has 0 aliphatic rings. The Morgan fingerprint density at radius 2 is 1.95 bits per heavy atom. The van der Waals surface area contributed by atoms with Crippen molar-refractivity contribution < 1.29 is 4.74 Å². The average Bonchev–Trinajstić information content (AvgIpc) is 2.90. The number of nitrogen functional groups attached to an aromatic ring is 1. The first-order valence-electron chi connectivity index (χ1n) is 6.30. The number of aromatic nitrogens is 3. The number of rotatable bonds is 3. The standard InChI is InChI=1S/C15H13ClN4O/c1-21-15-11(3-2-8-18-15)13-12(14(17)20-19-13)9-4-6-10(16)7-5-9/h2-8H,1H3,(H3,17,19,20). The molecular weight excluding hydrogens is 288 g/mol. The quantitative estimate of drug-likeness (QED) is 0.777. The fourth-order valence-electron chi connectivity index (χ4n) is 2.20. The maximum atomic E-state index is 6.00. The molecular formula is C15H13ClN4O. The van der Waals surface area contributed by atoms with Gasteiger partial charge in [0.05, 0.1) is 23.9 Å². The van der Waals surface area contributed by atoms with E-state index < -0.39 is 0 Å². The molecule has 106 valence electrons. The van der Waals surface area contributed by atoms with Gasteiger partial charge in [-0.3, -0.25) is 5.10 Å². The Hall–Kier alpha value is -2.53. The van der Waals surface area contributed by atoms with Crippen LogP contribution in [-0.4, -0.2) is 22.3 Å². The summed E-state index contributed by atoms with van der Waals surface area (Å²) in [5.41, 5.74) is 9.29. The molecule has 3 rings (SSSR count). The summed E-state index contributed by atoms with van der Waals surface area (Å²) in [6.45, 7) is 0. The van der Waals surface area contributed by atoms with Crippen molar-refractivity contribution in [3.8, 4) is 28.3 Å². The van der Waals surface area contributed by atoms with E-state index in [4.69, 9.17) is 22.1 Å². The predicted octanol–water partition coefficient (Wildman–Crippen LogP) is 3.38. The lowest BCUT2D eigenvalue weighted by Crippen LogP contribution is -1.93. The van der Waals surface area contributed by atoms with E-state index in [9.17, 15) is 0 Å². The van der Waals surface area contributed by atoms with Crippen molar-refractivity contribution in [1.29, 1.82) is 0 Å². The van der Waals surface area contributed by atoms with Crippen LogP contribution in [0.2, 0.25) is 5.02 Å². The Morgan fingerprint density at radius 1 is 1.19 bits per heavy atom. The number of halogens is 1. The molecule has 1 aromatic carbocycles. The highest BCUT2D eigenvalue weighted by Gasteiger charge is 2.18. The van der Waals surface area contributed by atoms with Gasteiger partial charge in [0.15, 0.2) is 5.82 Å². The molecule has 0 saturated carbocycles. The SMILES string of the molecule is COc1ncccc1-c1[nH]nc(N)c1-c1ccc(Cl)cc1. The molecule has 5 nitrogen and oxygen atoms in total. The molecule has 3 N–H and O–H groups in total. The van der Waals surface area contributed by atoms with Gasteiger partial charge in [-0.15, -0.1) is 0 Å². The minimum atomic E-state index is 0.415. The van der Waals surface area contributed by atoms with Gasteiger partial charge < -0.3 is 10.5 Å². The molecule has 2 aromatic heterocycles. The van der Waals surface area contributed by atoms with Gasteiger partial charge in [0, 0.05) is 11.2 Å². The van der Waals surface area contributed by atoms with Crippen LogP contribution < -0.4 is 10.5 Å². The lowest BCUT2D eigenvalue weighted by atomic mass is 10.0. The number of pyridine rings is 1. The highest BCUT2D eigenvalue weighted by Crippen LogP contribution is 2.37. The van der Waals surface area contributed by atoms with Crippen LogP contribution in [0.1, 0.15) is 0 Å². The molecule has 0 radical (unpaired) electrons. The molecule has 0 spiro atoms. The Bertz CT molecular complexity index is 768. The van der Waals surface area contributed by atoms with Gasteiger partial charge in [0.1, 0.15) is 0 Å². The van der Waals surface area contributed by atoms with Crippen LogP contribution in [0, 0.1) is 0 Å². The van der Waals surface area contributed by atoms with E-state index in [1.165, 1.54) is 0 Å². The Kier molecular flexibility index (Phi) is 3.50. The number of nitrogens with two attached hydrogens (primary N) is 1. The monoisotopic (exact) mass is 300 g/mol. The molecule has 0 bridgehead atoms. The zero-order valence-electron chi connectivity index (χ0n) is 11.3. The first-order valence-corrected chi connectivity index (χ1v) is 6.67. The van der Waals surface area contributed by atoms with Gasteiger partial charge in [-0.2, -0.15) is 5.10 Å². The number of nitrogens with zero attached hydrogens (tertiary/aromatic N) is 2. The largest absolute Gasteiger partial charge is 0.481 e. The third-order valence-electron chi connectivity index (χ3n) is 3.16. The number of aromatic amines is 1. The first-order chi connectivity index (χ1) is 10.2. The number of hydrogen-bond donors (Lipinski definition) is 2. The summed E-state index contributed by atoms with van der Waals surface area (Å²) in [4.78, 5) is 4.20. The van der Waals surface area contributed by atoms with E-state index in [0.717, 1.165) is 22.4 Å².